The number of thiazole rings is 1. The van der Waals surface area contributed by atoms with E-state index in [2.05, 4.69) is 9.71 Å². The average molecular weight is 366 g/mol. The van der Waals surface area contributed by atoms with Gasteiger partial charge in [0.25, 0.3) is 10.0 Å². The van der Waals surface area contributed by atoms with Crippen LogP contribution < -0.4 is 10.5 Å². The van der Waals surface area contributed by atoms with Gasteiger partial charge in [0.05, 0.1) is 21.4 Å². The van der Waals surface area contributed by atoms with E-state index in [0.717, 1.165) is 5.69 Å². The predicted molar refractivity (Wildman–Crippen MR) is 87.9 cm³/mol. The minimum atomic E-state index is -3.87. The number of nitrogens with one attached hydrogen (secondary N) is 1. The third kappa shape index (κ3) is 3.42. The van der Waals surface area contributed by atoms with Crippen molar-refractivity contribution < 1.29 is 8.42 Å². The Morgan fingerprint density at radius 1 is 1.33 bits per heavy atom. The first-order valence-corrected chi connectivity index (χ1v) is 9.06. The number of nitrogens with zero attached hydrogens (tertiary/aromatic N) is 1. The highest BCUT2D eigenvalue weighted by Gasteiger charge is 2.22. The number of nitrogen functional groups attached to an aromatic ring is 1. The fourth-order valence-corrected chi connectivity index (χ4v) is 4.42. The van der Waals surface area contributed by atoms with Gasteiger partial charge in [-0.05, 0) is 18.1 Å². The molecular weight excluding hydrogens is 353 g/mol. The highest BCUT2D eigenvalue weighted by Crippen LogP contribution is 2.34. The lowest BCUT2D eigenvalue weighted by Crippen LogP contribution is -2.14. The summed E-state index contributed by atoms with van der Waals surface area (Å²) in [6.45, 7) is 3.95. The van der Waals surface area contributed by atoms with Gasteiger partial charge in [-0.1, -0.05) is 37.0 Å². The van der Waals surface area contributed by atoms with Crippen molar-refractivity contribution in [2.45, 2.75) is 24.7 Å². The molecule has 2 rings (SSSR count). The van der Waals surface area contributed by atoms with Crippen LogP contribution in [-0.4, -0.2) is 13.4 Å². The summed E-state index contributed by atoms with van der Waals surface area (Å²) in [4.78, 5) is 4.09. The van der Waals surface area contributed by atoms with Gasteiger partial charge in [0.2, 0.25) is 0 Å². The van der Waals surface area contributed by atoms with Crippen LogP contribution in [0, 0.1) is 0 Å². The monoisotopic (exact) mass is 365 g/mol. The Hall–Kier alpha value is -1.02. The van der Waals surface area contributed by atoms with Gasteiger partial charge in [-0.3, -0.25) is 4.72 Å². The summed E-state index contributed by atoms with van der Waals surface area (Å²) in [6, 6.07) is 2.69. The summed E-state index contributed by atoms with van der Waals surface area (Å²) in [7, 11) is -3.87. The number of sulfonamides is 1. The highest BCUT2D eigenvalue weighted by molar-refractivity contribution is 7.93. The Bertz CT molecular complexity index is 773. The maximum absolute atomic E-state index is 12.3. The minimum absolute atomic E-state index is 0.0308. The molecule has 9 heteroatoms. The summed E-state index contributed by atoms with van der Waals surface area (Å²) in [5, 5.41) is 2.19. The molecule has 0 atom stereocenters. The van der Waals surface area contributed by atoms with Crippen LogP contribution in [-0.2, 0) is 10.0 Å². The van der Waals surface area contributed by atoms with Gasteiger partial charge in [-0.15, -0.1) is 11.3 Å². The van der Waals surface area contributed by atoms with E-state index in [4.69, 9.17) is 28.9 Å². The van der Waals surface area contributed by atoms with Crippen LogP contribution in [0.2, 0.25) is 10.0 Å². The van der Waals surface area contributed by atoms with Gasteiger partial charge in [0, 0.05) is 5.38 Å². The lowest BCUT2D eigenvalue weighted by molar-refractivity contribution is 0.601. The summed E-state index contributed by atoms with van der Waals surface area (Å²) in [6.07, 6.45) is 0. The van der Waals surface area contributed by atoms with Crippen LogP contribution in [0.1, 0.15) is 25.5 Å². The second-order valence-corrected chi connectivity index (χ2v) is 7.90. The van der Waals surface area contributed by atoms with E-state index in [1.807, 2.05) is 13.8 Å². The van der Waals surface area contributed by atoms with E-state index in [1.165, 1.54) is 23.5 Å². The van der Waals surface area contributed by atoms with Crippen LogP contribution in [0.15, 0.2) is 22.4 Å². The van der Waals surface area contributed by atoms with Gasteiger partial charge in [-0.2, -0.15) is 0 Å². The van der Waals surface area contributed by atoms with Crippen LogP contribution in [0.25, 0.3) is 0 Å². The molecule has 3 N–H and O–H groups in total. The minimum Gasteiger partial charge on any atom is -0.396 e. The number of nitrogens with two attached hydrogens (primary N) is 1. The zero-order valence-electron chi connectivity index (χ0n) is 11.2. The molecule has 0 fully saturated rings. The van der Waals surface area contributed by atoms with Crippen LogP contribution >= 0.6 is 34.5 Å². The summed E-state index contributed by atoms with van der Waals surface area (Å²) in [5.41, 5.74) is 6.50. The molecule has 0 radical (unpaired) electrons. The number of benzene rings is 1. The van der Waals surface area contributed by atoms with E-state index in [1.54, 1.807) is 5.38 Å². The van der Waals surface area contributed by atoms with Gasteiger partial charge in [0.15, 0.2) is 5.13 Å². The van der Waals surface area contributed by atoms with Crippen molar-refractivity contribution >= 4 is 55.4 Å². The third-order valence-corrected chi connectivity index (χ3v) is 5.85. The Morgan fingerprint density at radius 3 is 2.57 bits per heavy atom. The van der Waals surface area contributed by atoms with Gasteiger partial charge < -0.3 is 5.73 Å². The zero-order valence-corrected chi connectivity index (χ0v) is 14.4. The number of aromatic nitrogens is 1. The van der Waals surface area contributed by atoms with Crippen molar-refractivity contribution in [3.05, 3.63) is 33.3 Å². The van der Waals surface area contributed by atoms with E-state index in [0.29, 0.717) is 0 Å². The normalized spacial score (nSPS) is 11.9. The first kappa shape index (κ1) is 16.4. The Balaban J connectivity index is 2.36. The van der Waals surface area contributed by atoms with Gasteiger partial charge >= 0.3 is 0 Å². The zero-order chi connectivity index (χ0) is 15.8. The summed E-state index contributed by atoms with van der Waals surface area (Å²) >= 11 is 13.0. The fourth-order valence-electron chi connectivity index (χ4n) is 1.53. The van der Waals surface area contributed by atoms with E-state index in [-0.39, 0.29) is 31.7 Å². The molecule has 0 bridgehead atoms. The molecular formula is C12H13Cl2N3O2S2. The lowest BCUT2D eigenvalue weighted by Gasteiger charge is -2.09. The molecule has 0 aliphatic carbocycles. The first-order chi connectivity index (χ1) is 9.72. The van der Waals surface area contributed by atoms with E-state index >= 15 is 0 Å². The second-order valence-electron chi connectivity index (χ2n) is 4.61. The molecule has 2 aromatic rings. The van der Waals surface area contributed by atoms with E-state index in [9.17, 15) is 8.42 Å². The SMILES string of the molecule is CC(C)c1csc(NS(=O)(=O)c2ccc(Cl)c(N)c2Cl)n1. The first-order valence-electron chi connectivity index (χ1n) is 5.94. The second kappa shape index (κ2) is 6.00. The van der Waals surface area contributed by atoms with Gasteiger partial charge in [0.1, 0.15) is 4.90 Å². The molecule has 0 amide bonds. The molecule has 0 unspecified atom stereocenters. The van der Waals surface area contributed by atoms with E-state index < -0.39 is 10.0 Å². The van der Waals surface area contributed by atoms with Crippen molar-refractivity contribution in [1.82, 2.24) is 4.98 Å². The highest BCUT2D eigenvalue weighted by atomic mass is 35.5. The van der Waals surface area contributed by atoms with Crippen LogP contribution in [0.3, 0.4) is 0 Å². The smallest absolute Gasteiger partial charge is 0.265 e. The van der Waals surface area contributed by atoms with Crippen molar-refractivity contribution in [3.63, 3.8) is 0 Å². The average Bonchev–Trinajstić information content (AvgIpc) is 2.83. The topological polar surface area (TPSA) is 85.1 Å². The molecule has 0 saturated carbocycles. The van der Waals surface area contributed by atoms with Crippen molar-refractivity contribution in [3.8, 4) is 0 Å². The molecule has 1 heterocycles. The molecule has 0 aliphatic heterocycles. The number of hydrogen-bond acceptors (Lipinski definition) is 5. The fraction of sp³-hybridized carbons (Fsp3) is 0.250. The largest absolute Gasteiger partial charge is 0.396 e. The Morgan fingerprint density at radius 2 is 2.00 bits per heavy atom. The van der Waals surface area contributed by atoms with Crippen molar-refractivity contribution in [2.75, 3.05) is 10.5 Å². The maximum atomic E-state index is 12.3. The van der Waals surface area contributed by atoms with Gasteiger partial charge in [-0.25, -0.2) is 13.4 Å². The number of halogens is 2. The molecule has 1 aromatic heterocycles. The van der Waals surface area contributed by atoms with Crippen LogP contribution in [0.4, 0.5) is 10.8 Å². The predicted octanol–water partition coefficient (Wildman–Crippen LogP) is 3.96. The summed E-state index contributed by atoms with van der Waals surface area (Å²) < 4.78 is 27.1. The standard InChI is InChI=1S/C12H13Cl2N3O2S2/c1-6(2)8-5-20-12(16-8)17-21(18,19)9-4-3-7(13)11(15)10(9)14/h3-6H,15H2,1-2H3,(H,16,17). The van der Waals surface area contributed by atoms with Crippen molar-refractivity contribution in [1.29, 1.82) is 0 Å². The molecule has 0 spiro atoms. The van der Waals surface area contributed by atoms with Crippen LogP contribution in [0.5, 0.6) is 0 Å². The number of rotatable bonds is 4. The molecule has 21 heavy (non-hydrogen) atoms. The molecule has 1 aromatic carbocycles. The third-order valence-electron chi connectivity index (χ3n) is 2.72. The van der Waals surface area contributed by atoms with Crippen molar-refractivity contribution in [2.24, 2.45) is 0 Å². The lowest BCUT2D eigenvalue weighted by atomic mass is 10.2. The molecule has 5 nitrogen and oxygen atoms in total. The quantitative estimate of drug-likeness (QED) is 0.802. The Labute approximate surface area is 137 Å². The maximum Gasteiger partial charge on any atom is 0.265 e. The Kier molecular flexibility index (Phi) is 4.67. The molecule has 0 aliphatic rings. The molecule has 114 valence electrons. The molecule has 0 saturated heterocycles. The summed E-state index contributed by atoms with van der Waals surface area (Å²) in [5.74, 6) is 0.217. The number of hydrogen-bond donors (Lipinski definition) is 2. The number of anilines is 2.